The number of hydrogen-bond acceptors (Lipinski definition) is 5. The molecule has 1 unspecified atom stereocenters. The lowest BCUT2D eigenvalue weighted by atomic mass is 9.96. The molecular weight excluding hydrogens is 310 g/mol. The summed E-state index contributed by atoms with van der Waals surface area (Å²) in [4.78, 5) is 14.5. The first-order valence-corrected chi connectivity index (χ1v) is 8.96. The molecule has 1 aromatic carbocycles. The molecule has 0 spiro atoms. The molecule has 1 N–H and O–H groups in total. The van der Waals surface area contributed by atoms with Gasteiger partial charge in [0, 0.05) is 24.8 Å². The Kier molecular flexibility index (Phi) is 5.27. The van der Waals surface area contributed by atoms with Gasteiger partial charge in [-0.2, -0.15) is 5.21 Å². The summed E-state index contributed by atoms with van der Waals surface area (Å²) in [5.41, 5.74) is 1.26. The summed E-state index contributed by atoms with van der Waals surface area (Å²) >= 11 is 1.70. The number of amides is 1. The molecule has 0 aliphatic carbocycles. The molecule has 6 nitrogen and oxygen atoms in total. The number of likely N-dealkylation sites (tertiary alicyclic amines) is 1. The third-order valence-corrected chi connectivity index (χ3v) is 5.43. The number of aromatic nitrogens is 4. The van der Waals surface area contributed by atoms with E-state index < -0.39 is 0 Å². The topological polar surface area (TPSA) is 74.8 Å². The van der Waals surface area contributed by atoms with Crippen LogP contribution in [0.25, 0.3) is 0 Å². The summed E-state index contributed by atoms with van der Waals surface area (Å²) in [7, 11) is 0. The lowest BCUT2D eigenvalue weighted by Crippen LogP contribution is -2.41. The minimum absolute atomic E-state index is 0.0167. The molecular formula is C16H21N5OS. The molecule has 122 valence electrons. The first kappa shape index (κ1) is 16.0. The van der Waals surface area contributed by atoms with Crippen LogP contribution < -0.4 is 0 Å². The fraction of sp³-hybridized carbons (Fsp3) is 0.500. The summed E-state index contributed by atoms with van der Waals surface area (Å²) in [6.07, 6.45) is 1.81. The average Bonchev–Trinajstić information content (AvgIpc) is 3.15. The van der Waals surface area contributed by atoms with Crippen molar-refractivity contribution in [3.63, 3.8) is 0 Å². The van der Waals surface area contributed by atoms with Gasteiger partial charge in [-0.15, -0.1) is 22.0 Å². The lowest BCUT2D eigenvalue weighted by molar-refractivity contribution is -0.131. The number of hydrogen-bond donors (Lipinski definition) is 1. The molecule has 1 aliphatic rings. The Bertz CT molecular complexity index is 611. The van der Waals surface area contributed by atoms with Gasteiger partial charge in [0.1, 0.15) is 0 Å². The molecule has 1 fully saturated rings. The van der Waals surface area contributed by atoms with Crippen molar-refractivity contribution in [2.24, 2.45) is 0 Å². The van der Waals surface area contributed by atoms with Gasteiger partial charge in [0.2, 0.25) is 5.91 Å². The van der Waals surface area contributed by atoms with E-state index in [4.69, 9.17) is 0 Å². The van der Waals surface area contributed by atoms with Crippen molar-refractivity contribution in [1.29, 1.82) is 0 Å². The second-order valence-corrected chi connectivity index (χ2v) is 7.14. The normalized spacial score (nSPS) is 17.2. The molecule has 0 bridgehead atoms. The van der Waals surface area contributed by atoms with Crippen molar-refractivity contribution in [2.45, 2.75) is 36.7 Å². The number of carbonyl (C=O) groups is 1. The van der Waals surface area contributed by atoms with Crippen LogP contribution in [-0.4, -0.2) is 49.8 Å². The van der Waals surface area contributed by atoms with E-state index in [9.17, 15) is 4.79 Å². The van der Waals surface area contributed by atoms with E-state index >= 15 is 0 Å². The Labute approximate surface area is 140 Å². The molecule has 1 saturated heterocycles. The SMILES string of the molecule is CC(SCc1ccccc1)C(=O)N1CCC(c2nn[nH]n2)CC1. The first-order valence-electron chi connectivity index (χ1n) is 7.91. The molecule has 0 radical (unpaired) electrons. The number of thioether (sulfide) groups is 1. The van der Waals surface area contributed by atoms with Crippen LogP contribution in [0, 0.1) is 0 Å². The van der Waals surface area contributed by atoms with Crippen LogP contribution in [0.1, 0.15) is 37.1 Å². The molecule has 7 heteroatoms. The maximum Gasteiger partial charge on any atom is 0.235 e. The van der Waals surface area contributed by atoms with Crippen LogP contribution in [0.2, 0.25) is 0 Å². The lowest BCUT2D eigenvalue weighted by Gasteiger charge is -2.32. The Morgan fingerprint density at radius 2 is 2.09 bits per heavy atom. The van der Waals surface area contributed by atoms with E-state index in [1.807, 2.05) is 30.0 Å². The maximum absolute atomic E-state index is 12.6. The van der Waals surface area contributed by atoms with Gasteiger partial charge >= 0.3 is 0 Å². The number of aromatic amines is 1. The largest absolute Gasteiger partial charge is 0.342 e. The minimum Gasteiger partial charge on any atom is -0.342 e. The molecule has 1 atom stereocenters. The van der Waals surface area contributed by atoms with Crippen molar-refractivity contribution in [3.05, 3.63) is 41.7 Å². The molecule has 1 aliphatic heterocycles. The number of benzene rings is 1. The Morgan fingerprint density at radius 1 is 1.35 bits per heavy atom. The molecule has 2 aromatic rings. The Hall–Kier alpha value is -1.89. The molecule has 0 saturated carbocycles. The zero-order valence-corrected chi connectivity index (χ0v) is 14.0. The minimum atomic E-state index is -0.0167. The highest BCUT2D eigenvalue weighted by Gasteiger charge is 2.28. The number of tetrazole rings is 1. The van der Waals surface area contributed by atoms with Crippen molar-refractivity contribution in [2.75, 3.05) is 13.1 Å². The highest BCUT2D eigenvalue weighted by Crippen LogP contribution is 2.27. The van der Waals surface area contributed by atoms with Crippen molar-refractivity contribution >= 4 is 17.7 Å². The summed E-state index contributed by atoms with van der Waals surface area (Å²) < 4.78 is 0. The molecule has 1 aromatic heterocycles. The number of piperidine rings is 1. The van der Waals surface area contributed by atoms with E-state index in [0.717, 1.165) is 37.5 Å². The fourth-order valence-electron chi connectivity index (χ4n) is 2.82. The number of rotatable bonds is 5. The number of carbonyl (C=O) groups excluding carboxylic acids is 1. The van der Waals surface area contributed by atoms with Crippen LogP contribution in [0.5, 0.6) is 0 Å². The van der Waals surface area contributed by atoms with E-state index in [-0.39, 0.29) is 11.2 Å². The quantitative estimate of drug-likeness (QED) is 0.909. The van der Waals surface area contributed by atoms with E-state index in [1.165, 1.54) is 5.56 Å². The predicted molar refractivity (Wildman–Crippen MR) is 89.9 cm³/mol. The summed E-state index contributed by atoms with van der Waals surface area (Å²) in [6, 6.07) is 10.3. The van der Waals surface area contributed by atoms with Crippen molar-refractivity contribution in [3.8, 4) is 0 Å². The number of H-pyrrole nitrogens is 1. The third kappa shape index (κ3) is 4.10. The third-order valence-electron chi connectivity index (χ3n) is 4.22. The fourth-order valence-corrected chi connectivity index (χ4v) is 3.75. The van der Waals surface area contributed by atoms with Gasteiger partial charge in [-0.1, -0.05) is 35.5 Å². The van der Waals surface area contributed by atoms with Crippen LogP contribution in [0.15, 0.2) is 30.3 Å². The van der Waals surface area contributed by atoms with Crippen LogP contribution >= 0.6 is 11.8 Å². The van der Waals surface area contributed by atoms with Gasteiger partial charge in [0.05, 0.1) is 5.25 Å². The van der Waals surface area contributed by atoms with E-state index in [2.05, 4.69) is 32.8 Å². The van der Waals surface area contributed by atoms with Gasteiger partial charge in [-0.05, 0) is 25.3 Å². The Balaban J connectivity index is 1.47. The number of nitrogens with one attached hydrogen (secondary N) is 1. The highest BCUT2D eigenvalue weighted by molar-refractivity contribution is 7.99. The zero-order valence-electron chi connectivity index (χ0n) is 13.2. The summed E-state index contributed by atoms with van der Waals surface area (Å²) in [5, 5.41) is 14.2. The summed E-state index contributed by atoms with van der Waals surface area (Å²) in [5.74, 6) is 2.18. The predicted octanol–water partition coefficient (Wildman–Crippen LogP) is 2.23. The van der Waals surface area contributed by atoms with Crippen LogP contribution in [-0.2, 0) is 10.5 Å². The standard InChI is InChI=1S/C16H21N5OS/c1-12(23-11-13-5-3-2-4-6-13)16(22)21-9-7-14(8-10-21)15-17-19-20-18-15/h2-6,12,14H,7-11H2,1H3,(H,17,18,19,20). The van der Waals surface area contributed by atoms with Gasteiger partial charge in [-0.25, -0.2) is 0 Å². The molecule has 23 heavy (non-hydrogen) atoms. The average molecular weight is 331 g/mol. The second-order valence-electron chi connectivity index (χ2n) is 5.81. The second kappa shape index (κ2) is 7.59. The van der Waals surface area contributed by atoms with E-state index in [1.54, 1.807) is 11.8 Å². The van der Waals surface area contributed by atoms with Gasteiger partial charge < -0.3 is 4.90 Å². The Morgan fingerprint density at radius 3 is 2.74 bits per heavy atom. The van der Waals surface area contributed by atoms with Gasteiger partial charge in [0.15, 0.2) is 5.82 Å². The molecule has 3 rings (SSSR count). The maximum atomic E-state index is 12.6. The van der Waals surface area contributed by atoms with Crippen LogP contribution in [0.3, 0.4) is 0 Å². The highest BCUT2D eigenvalue weighted by atomic mass is 32.2. The van der Waals surface area contributed by atoms with Crippen molar-refractivity contribution < 1.29 is 4.79 Å². The van der Waals surface area contributed by atoms with Crippen molar-refractivity contribution in [1.82, 2.24) is 25.5 Å². The first-order chi connectivity index (χ1) is 11.2. The summed E-state index contributed by atoms with van der Waals surface area (Å²) in [6.45, 7) is 3.55. The molecule has 2 heterocycles. The van der Waals surface area contributed by atoms with Gasteiger partial charge in [-0.3, -0.25) is 4.79 Å². The molecule has 1 amide bonds. The van der Waals surface area contributed by atoms with E-state index in [0.29, 0.717) is 5.92 Å². The van der Waals surface area contributed by atoms with Gasteiger partial charge in [0.25, 0.3) is 0 Å². The smallest absolute Gasteiger partial charge is 0.235 e. The number of nitrogens with zero attached hydrogens (tertiary/aromatic N) is 4. The van der Waals surface area contributed by atoms with Crippen LogP contribution in [0.4, 0.5) is 0 Å². The zero-order chi connectivity index (χ0) is 16.1. The monoisotopic (exact) mass is 331 g/mol.